The summed E-state index contributed by atoms with van der Waals surface area (Å²) in [6, 6.07) is 5.13. The highest BCUT2D eigenvalue weighted by Crippen LogP contribution is 2.33. The molecule has 2 rings (SSSR count). The van der Waals surface area contributed by atoms with E-state index in [1.165, 1.54) is 17.4 Å². The molecule has 19 heavy (non-hydrogen) atoms. The van der Waals surface area contributed by atoms with Gasteiger partial charge in [0, 0.05) is 10.9 Å². The van der Waals surface area contributed by atoms with Gasteiger partial charge in [-0.15, -0.1) is 11.3 Å². The normalized spacial score (nSPS) is 12.7. The first-order valence-electron chi connectivity index (χ1n) is 5.60. The van der Waals surface area contributed by atoms with Crippen molar-refractivity contribution in [3.05, 3.63) is 40.2 Å². The average molecular weight is 286 g/mol. The van der Waals surface area contributed by atoms with Crippen LogP contribution in [0.2, 0.25) is 0 Å². The van der Waals surface area contributed by atoms with Crippen molar-refractivity contribution in [3.8, 4) is 11.3 Å². The van der Waals surface area contributed by atoms with Crippen LogP contribution >= 0.6 is 11.3 Å². The fourth-order valence-corrected chi connectivity index (χ4v) is 2.42. The minimum atomic E-state index is -4.35. The molecular weight excluding hydrogens is 273 g/mol. The highest BCUT2D eigenvalue weighted by atomic mass is 32.1. The van der Waals surface area contributed by atoms with E-state index in [0.717, 1.165) is 12.1 Å². The average Bonchev–Trinajstić information content (AvgIpc) is 2.77. The fraction of sp³-hybridized carbons (Fsp3) is 0.308. The quantitative estimate of drug-likeness (QED) is 0.905. The Morgan fingerprint density at radius 2 is 1.89 bits per heavy atom. The standard InChI is InChI=1S/C13H13F3N2S/c1-12(2,17)11-18-10(7-19-11)8-4-3-5-9(6-8)13(14,15)16/h3-7H,17H2,1-2H3. The smallest absolute Gasteiger partial charge is 0.320 e. The van der Waals surface area contributed by atoms with Gasteiger partial charge in [0.25, 0.3) is 0 Å². The zero-order valence-electron chi connectivity index (χ0n) is 10.5. The number of aromatic nitrogens is 1. The summed E-state index contributed by atoms with van der Waals surface area (Å²) in [5.74, 6) is 0. The van der Waals surface area contributed by atoms with Crippen LogP contribution in [0.1, 0.15) is 24.4 Å². The minimum absolute atomic E-state index is 0.446. The number of rotatable bonds is 2. The highest BCUT2D eigenvalue weighted by Gasteiger charge is 2.30. The molecule has 0 amide bonds. The Morgan fingerprint density at radius 3 is 2.42 bits per heavy atom. The van der Waals surface area contributed by atoms with Crippen molar-refractivity contribution in [1.82, 2.24) is 4.98 Å². The minimum Gasteiger partial charge on any atom is -0.320 e. The van der Waals surface area contributed by atoms with Gasteiger partial charge in [-0.3, -0.25) is 0 Å². The number of halogens is 3. The predicted molar refractivity (Wildman–Crippen MR) is 69.8 cm³/mol. The van der Waals surface area contributed by atoms with Crippen LogP contribution in [0.4, 0.5) is 13.2 Å². The molecule has 0 radical (unpaired) electrons. The van der Waals surface area contributed by atoms with Crippen molar-refractivity contribution in [2.45, 2.75) is 25.6 Å². The summed E-state index contributed by atoms with van der Waals surface area (Å²) in [6.45, 7) is 3.61. The monoisotopic (exact) mass is 286 g/mol. The lowest BCUT2D eigenvalue weighted by atomic mass is 10.1. The summed E-state index contributed by atoms with van der Waals surface area (Å²) in [5, 5.41) is 2.42. The van der Waals surface area contributed by atoms with Crippen molar-refractivity contribution in [2.75, 3.05) is 0 Å². The lowest BCUT2D eigenvalue weighted by Gasteiger charge is -2.14. The van der Waals surface area contributed by atoms with Crippen LogP contribution in [0.25, 0.3) is 11.3 Å². The summed E-state index contributed by atoms with van der Waals surface area (Å²) in [4.78, 5) is 4.30. The largest absolute Gasteiger partial charge is 0.416 e. The molecule has 0 saturated carbocycles. The second kappa shape index (κ2) is 4.61. The van der Waals surface area contributed by atoms with Crippen molar-refractivity contribution in [2.24, 2.45) is 5.73 Å². The molecule has 0 fully saturated rings. The lowest BCUT2D eigenvalue weighted by molar-refractivity contribution is -0.137. The number of nitrogens with two attached hydrogens (primary N) is 1. The van der Waals surface area contributed by atoms with Crippen LogP contribution in [0.5, 0.6) is 0 Å². The zero-order valence-corrected chi connectivity index (χ0v) is 11.3. The molecular formula is C13H13F3N2S. The molecule has 2 aromatic rings. The molecule has 102 valence electrons. The molecule has 0 aliphatic heterocycles. The van der Waals surface area contributed by atoms with Crippen molar-refractivity contribution >= 4 is 11.3 Å². The zero-order chi connectivity index (χ0) is 14.3. The molecule has 0 saturated heterocycles. The topological polar surface area (TPSA) is 38.9 Å². The van der Waals surface area contributed by atoms with Gasteiger partial charge in [-0.1, -0.05) is 12.1 Å². The Kier molecular flexibility index (Phi) is 3.40. The predicted octanol–water partition coefficient (Wildman–Crippen LogP) is 4.02. The number of thiazole rings is 1. The Hall–Kier alpha value is -1.40. The van der Waals surface area contributed by atoms with Crippen molar-refractivity contribution < 1.29 is 13.2 Å². The van der Waals surface area contributed by atoms with Crippen LogP contribution in [0, 0.1) is 0 Å². The van der Waals surface area contributed by atoms with E-state index < -0.39 is 17.3 Å². The summed E-state index contributed by atoms with van der Waals surface area (Å²) in [6.07, 6.45) is -4.35. The maximum atomic E-state index is 12.6. The summed E-state index contributed by atoms with van der Waals surface area (Å²) in [7, 11) is 0. The Morgan fingerprint density at radius 1 is 1.21 bits per heavy atom. The van der Waals surface area contributed by atoms with Gasteiger partial charge in [0.2, 0.25) is 0 Å². The van der Waals surface area contributed by atoms with Gasteiger partial charge >= 0.3 is 6.18 Å². The van der Waals surface area contributed by atoms with E-state index in [9.17, 15) is 13.2 Å². The number of hydrogen-bond acceptors (Lipinski definition) is 3. The molecule has 2 N–H and O–H groups in total. The van der Waals surface area contributed by atoms with Crippen LogP contribution in [-0.2, 0) is 11.7 Å². The molecule has 0 aliphatic rings. The molecule has 0 bridgehead atoms. The molecule has 2 nitrogen and oxygen atoms in total. The Bertz CT molecular complexity index is 582. The Balaban J connectivity index is 2.40. The van der Waals surface area contributed by atoms with Gasteiger partial charge < -0.3 is 5.73 Å². The summed E-state index contributed by atoms with van der Waals surface area (Å²) < 4.78 is 37.9. The van der Waals surface area contributed by atoms with E-state index in [0.29, 0.717) is 16.3 Å². The first-order valence-corrected chi connectivity index (χ1v) is 6.48. The second-order valence-electron chi connectivity index (χ2n) is 4.84. The number of hydrogen-bond donors (Lipinski definition) is 1. The van der Waals surface area contributed by atoms with Crippen LogP contribution in [0.3, 0.4) is 0 Å². The van der Waals surface area contributed by atoms with E-state index in [-0.39, 0.29) is 0 Å². The number of nitrogens with zero attached hydrogens (tertiary/aromatic N) is 1. The summed E-state index contributed by atoms with van der Waals surface area (Å²) in [5.41, 5.74) is 5.61. The van der Waals surface area contributed by atoms with E-state index in [4.69, 9.17) is 5.73 Å². The molecule has 0 aliphatic carbocycles. The highest BCUT2D eigenvalue weighted by molar-refractivity contribution is 7.10. The molecule has 1 aromatic carbocycles. The number of benzene rings is 1. The first-order chi connectivity index (χ1) is 8.68. The van der Waals surface area contributed by atoms with Gasteiger partial charge in [-0.05, 0) is 26.0 Å². The molecule has 0 unspecified atom stereocenters. The van der Waals surface area contributed by atoms with E-state index >= 15 is 0 Å². The second-order valence-corrected chi connectivity index (χ2v) is 5.70. The van der Waals surface area contributed by atoms with Crippen LogP contribution < -0.4 is 5.73 Å². The third-order valence-corrected chi connectivity index (χ3v) is 3.72. The Labute approximate surface area is 113 Å². The van der Waals surface area contributed by atoms with E-state index in [2.05, 4.69) is 4.98 Å². The molecule has 1 aromatic heterocycles. The van der Waals surface area contributed by atoms with Gasteiger partial charge in [0.1, 0.15) is 5.01 Å². The molecule has 6 heteroatoms. The molecule has 0 spiro atoms. The van der Waals surface area contributed by atoms with Crippen LogP contribution in [0.15, 0.2) is 29.6 Å². The summed E-state index contributed by atoms with van der Waals surface area (Å²) >= 11 is 1.35. The first kappa shape index (κ1) is 14.0. The van der Waals surface area contributed by atoms with Crippen molar-refractivity contribution in [1.29, 1.82) is 0 Å². The maximum Gasteiger partial charge on any atom is 0.416 e. The van der Waals surface area contributed by atoms with Crippen molar-refractivity contribution in [3.63, 3.8) is 0 Å². The fourth-order valence-electron chi connectivity index (χ4n) is 1.56. The number of alkyl halides is 3. The third kappa shape index (κ3) is 3.13. The SMILES string of the molecule is CC(C)(N)c1nc(-c2cccc(C(F)(F)F)c2)cs1. The van der Waals surface area contributed by atoms with E-state index in [1.807, 2.05) is 13.8 Å². The molecule has 1 heterocycles. The van der Waals surface area contributed by atoms with Gasteiger partial charge in [0.15, 0.2) is 0 Å². The van der Waals surface area contributed by atoms with Gasteiger partial charge in [-0.25, -0.2) is 4.98 Å². The lowest BCUT2D eigenvalue weighted by Crippen LogP contribution is -2.28. The van der Waals surface area contributed by atoms with Crippen LogP contribution in [-0.4, -0.2) is 4.98 Å². The molecule has 0 atom stereocenters. The van der Waals surface area contributed by atoms with Gasteiger partial charge in [0.05, 0.1) is 16.8 Å². The maximum absolute atomic E-state index is 12.6. The van der Waals surface area contributed by atoms with E-state index in [1.54, 1.807) is 11.4 Å². The van der Waals surface area contributed by atoms with Gasteiger partial charge in [-0.2, -0.15) is 13.2 Å². The third-order valence-electron chi connectivity index (χ3n) is 2.54.